The Kier molecular flexibility index (Phi) is 7.67. The number of aromatic nitrogens is 3. The summed E-state index contributed by atoms with van der Waals surface area (Å²) < 4.78 is 7.73. The number of amides is 2. The Labute approximate surface area is 190 Å². The summed E-state index contributed by atoms with van der Waals surface area (Å²) >= 11 is 1.23. The highest BCUT2D eigenvalue weighted by Gasteiger charge is 2.15. The van der Waals surface area contributed by atoms with Crippen molar-refractivity contribution >= 4 is 29.3 Å². The third kappa shape index (κ3) is 5.76. The van der Waals surface area contributed by atoms with E-state index in [1.807, 2.05) is 36.6 Å². The van der Waals surface area contributed by atoms with Crippen LogP contribution in [0.2, 0.25) is 0 Å². The van der Waals surface area contributed by atoms with E-state index in [2.05, 4.69) is 22.1 Å². The van der Waals surface area contributed by atoms with Crippen molar-refractivity contribution in [3.8, 4) is 5.75 Å². The zero-order chi connectivity index (χ0) is 23.1. The number of thioether (sulfide) groups is 1. The highest BCUT2D eigenvalue weighted by atomic mass is 32.2. The predicted molar refractivity (Wildman–Crippen MR) is 125 cm³/mol. The molecule has 0 aliphatic rings. The van der Waals surface area contributed by atoms with Gasteiger partial charge in [-0.05, 0) is 49.2 Å². The lowest BCUT2D eigenvalue weighted by atomic mass is 10.1. The molecule has 0 bridgehead atoms. The number of ether oxygens (including phenoxy) is 1. The average Bonchev–Trinajstić information content (AvgIpc) is 3.15. The van der Waals surface area contributed by atoms with E-state index in [-0.39, 0.29) is 23.8 Å². The molecule has 8 nitrogen and oxygen atoms in total. The SMILES string of the molecule is C=CCn1c(COc2ccc(C)c(C)c2)nnc1SCC(=O)Nc1ccccc1C(N)=O. The van der Waals surface area contributed by atoms with Gasteiger partial charge in [0.25, 0.3) is 5.91 Å². The fraction of sp³-hybridized carbons (Fsp3) is 0.217. The highest BCUT2D eigenvalue weighted by molar-refractivity contribution is 7.99. The van der Waals surface area contributed by atoms with E-state index in [9.17, 15) is 9.59 Å². The second-order valence-corrected chi connectivity index (χ2v) is 8.02. The molecular formula is C23H25N5O3S. The van der Waals surface area contributed by atoms with Crippen molar-refractivity contribution in [3.05, 3.63) is 77.6 Å². The number of para-hydroxylation sites is 1. The molecule has 32 heavy (non-hydrogen) atoms. The molecule has 3 rings (SSSR count). The van der Waals surface area contributed by atoms with Gasteiger partial charge in [-0.15, -0.1) is 16.8 Å². The smallest absolute Gasteiger partial charge is 0.250 e. The van der Waals surface area contributed by atoms with E-state index in [0.717, 1.165) is 11.3 Å². The van der Waals surface area contributed by atoms with Crippen LogP contribution in [0.4, 0.5) is 5.69 Å². The van der Waals surface area contributed by atoms with Gasteiger partial charge < -0.3 is 15.8 Å². The maximum atomic E-state index is 12.4. The van der Waals surface area contributed by atoms with Crippen LogP contribution in [0.1, 0.15) is 27.3 Å². The molecule has 9 heteroatoms. The quantitative estimate of drug-likeness (QED) is 0.360. The summed E-state index contributed by atoms with van der Waals surface area (Å²) in [6.45, 7) is 8.58. The summed E-state index contributed by atoms with van der Waals surface area (Å²) in [4.78, 5) is 23.9. The summed E-state index contributed by atoms with van der Waals surface area (Å²) in [7, 11) is 0. The molecule has 0 radical (unpaired) electrons. The van der Waals surface area contributed by atoms with Crippen LogP contribution in [0.15, 0.2) is 60.3 Å². The van der Waals surface area contributed by atoms with Gasteiger partial charge in [0.15, 0.2) is 11.0 Å². The molecule has 0 saturated carbocycles. The Morgan fingerprint density at radius 3 is 2.69 bits per heavy atom. The first-order valence-corrected chi connectivity index (χ1v) is 10.9. The van der Waals surface area contributed by atoms with Gasteiger partial charge >= 0.3 is 0 Å². The van der Waals surface area contributed by atoms with Crippen molar-refractivity contribution in [1.29, 1.82) is 0 Å². The van der Waals surface area contributed by atoms with Gasteiger partial charge in [-0.2, -0.15) is 0 Å². The number of nitrogens with one attached hydrogen (secondary N) is 1. The molecule has 0 aliphatic heterocycles. The molecule has 0 aliphatic carbocycles. The standard InChI is InChI=1S/C23H25N5O3S/c1-4-11-28-20(13-31-17-10-9-15(2)16(3)12-17)26-27-23(28)32-14-21(29)25-19-8-6-5-7-18(19)22(24)30/h4-10,12H,1,11,13-14H2,2-3H3,(H2,24,30)(H,25,29). The number of allylic oxidation sites excluding steroid dienone is 1. The van der Waals surface area contributed by atoms with Gasteiger partial charge in [-0.3, -0.25) is 14.2 Å². The molecule has 3 N–H and O–H groups in total. The summed E-state index contributed by atoms with van der Waals surface area (Å²) in [5.74, 6) is 0.575. The molecular weight excluding hydrogens is 426 g/mol. The van der Waals surface area contributed by atoms with Gasteiger partial charge in [-0.1, -0.05) is 36.0 Å². The number of nitrogens with zero attached hydrogens (tertiary/aromatic N) is 3. The first kappa shape index (κ1) is 23.1. The molecule has 2 aromatic carbocycles. The number of anilines is 1. The van der Waals surface area contributed by atoms with E-state index in [1.54, 1.807) is 30.3 Å². The largest absolute Gasteiger partial charge is 0.486 e. The monoisotopic (exact) mass is 451 g/mol. The highest BCUT2D eigenvalue weighted by Crippen LogP contribution is 2.21. The number of aryl methyl sites for hydroxylation is 2. The molecule has 1 aromatic heterocycles. The minimum absolute atomic E-state index is 0.0837. The van der Waals surface area contributed by atoms with Gasteiger partial charge in [0.05, 0.1) is 17.0 Å². The summed E-state index contributed by atoms with van der Waals surface area (Å²) in [6, 6.07) is 12.5. The third-order valence-corrected chi connectivity index (χ3v) is 5.72. The van der Waals surface area contributed by atoms with E-state index < -0.39 is 5.91 Å². The van der Waals surface area contributed by atoms with Crippen molar-refractivity contribution in [2.75, 3.05) is 11.1 Å². The lowest BCUT2D eigenvalue weighted by molar-refractivity contribution is -0.113. The molecule has 3 aromatic rings. The third-order valence-electron chi connectivity index (χ3n) is 4.75. The Bertz CT molecular complexity index is 1140. The molecule has 0 unspecified atom stereocenters. The first-order valence-electron chi connectivity index (χ1n) is 9.93. The number of hydrogen-bond donors (Lipinski definition) is 2. The number of benzene rings is 2. The molecule has 166 valence electrons. The van der Waals surface area contributed by atoms with Crippen LogP contribution < -0.4 is 15.8 Å². The van der Waals surface area contributed by atoms with E-state index >= 15 is 0 Å². The molecule has 2 amide bonds. The van der Waals surface area contributed by atoms with Crippen LogP contribution in [-0.2, 0) is 17.9 Å². The van der Waals surface area contributed by atoms with E-state index in [1.165, 1.54) is 17.3 Å². The van der Waals surface area contributed by atoms with Crippen molar-refractivity contribution in [2.45, 2.75) is 32.2 Å². The second-order valence-electron chi connectivity index (χ2n) is 7.08. The normalized spacial score (nSPS) is 10.6. The lowest BCUT2D eigenvalue weighted by Gasteiger charge is -2.11. The van der Waals surface area contributed by atoms with Gasteiger partial charge in [-0.25, -0.2) is 0 Å². The number of nitrogens with two attached hydrogens (primary N) is 1. The number of carbonyl (C=O) groups excluding carboxylic acids is 2. The fourth-order valence-electron chi connectivity index (χ4n) is 2.92. The molecule has 0 spiro atoms. The van der Waals surface area contributed by atoms with Crippen LogP contribution in [0.3, 0.4) is 0 Å². The predicted octanol–water partition coefficient (Wildman–Crippen LogP) is 3.49. The second kappa shape index (κ2) is 10.6. The Morgan fingerprint density at radius 1 is 1.19 bits per heavy atom. The first-order chi connectivity index (χ1) is 15.4. The molecule has 1 heterocycles. The maximum absolute atomic E-state index is 12.4. The van der Waals surface area contributed by atoms with Gasteiger partial charge in [0.2, 0.25) is 5.91 Å². The van der Waals surface area contributed by atoms with Crippen molar-refractivity contribution in [3.63, 3.8) is 0 Å². The molecule has 0 saturated heterocycles. The minimum atomic E-state index is -0.604. The topological polar surface area (TPSA) is 112 Å². The minimum Gasteiger partial charge on any atom is -0.486 e. The Hall–Kier alpha value is -3.59. The van der Waals surface area contributed by atoms with Crippen LogP contribution >= 0.6 is 11.8 Å². The number of carbonyl (C=O) groups is 2. The number of primary amides is 1. The Morgan fingerprint density at radius 2 is 1.97 bits per heavy atom. The fourth-order valence-corrected chi connectivity index (χ4v) is 3.69. The number of hydrogen-bond acceptors (Lipinski definition) is 6. The molecule has 0 atom stereocenters. The van der Waals surface area contributed by atoms with Crippen LogP contribution in [0, 0.1) is 13.8 Å². The van der Waals surface area contributed by atoms with Crippen LogP contribution in [0.5, 0.6) is 5.75 Å². The summed E-state index contributed by atoms with van der Waals surface area (Å²) in [5.41, 5.74) is 8.34. The van der Waals surface area contributed by atoms with Crippen molar-refractivity contribution < 1.29 is 14.3 Å². The Balaban J connectivity index is 1.64. The van der Waals surface area contributed by atoms with Crippen molar-refractivity contribution in [2.24, 2.45) is 5.73 Å². The summed E-state index contributed by atoms with van der Waals surface area (Å²) in [5, 5.41) is 11.7. The van der Waals surface area contributed by atoms with Crippen LogP contribution in [-0.4, -0.2) is 32.3 Å². The van der Waals surface area contributed by atoms with Gasteiger partial charge in [0, 0.05) is 6.54 Å². The van der Waals surface area contributed by atoms with E-state index in [0.29, 0.717) is 23.2 Å². The van der Waals surface area contributed by atoms with Crippen molar-refractivity contribution in [1.82, 2.24) is 14.8 Å². The number of rotatable bonds is 10. The average molecular weight is 452 g/mol. The van der Waals surface area contributed by atoms with Crippen LogP contribution in [0.25, 0.3) is 0 Å². The lowest BCUT2D eigenvalue weighted by Crippen LogP contribution is -2.19. The zero-order valence-corrected chi connectivity index (χ0v) is 18.8. The van der Waals surface area contributed by atoms with Gasteiger partial charge in [0.1, 0.15) is 12.4 Å². The van der Waals surface area contributed by atoms with E-state index in [4.69, 9.17) is 10.5 Å². The zero-order valence-electron chi connectivity index (χ0n) is 18.0. The summed E-state index contributed by atoms with van der Waals surface area (Å²) in [6.07, 6.45) is 1.73. The molecule has 0 fully saturated rings. The maximum Gasteiger partial charge on any atom is 0.250 e.